The zero-order valence-corrected chi connectivity index (χ0v) is 8.69. The van der Waals surface area contributed by atoms with E-state index in [4.69, 9.17) is 0 Å². The Morgan fingerprint density at radius 1 is 1.38 bits per heavy atom. The maximum absolute atomic E-state index is 4.16. The van der Waals surface area contributed by atoms with Crippen molar-refractivity contribution in [2.75, 3.05) is 0 Å². The van der Waals surface area contributed by atoms with E-state index in [1.165, 1.54) is 0 Å². The third kappa shape index (κ3) is 1.49. The SMILES string of the molecule is Cc1nccn1-c1ccncc1Br. The van der Waals surface area contributed by atoms with Crippen LogP contribution in [-0.2, 0) is 0 Å². The fraction of sp³-hybridized carbons (Fsp3) is 0.111. The zero-order valence-electron chi connectivity index (χ0n) is 7.11. The van der Waals surface area contributed by atoms with Gasteiger partial charge in [-0.2, -0.15) is 0 Å². The van der Waals surface area contributed by atoms with Gasteiger partial charge in [0.25, 0.3) is 0 Å². The normalized spacial score (nSPS) is 10.3. The lowest BCUT2D eigenvalue weighted by Crippen LogP contribution is -1.96. The number of rotatable bonds is 1. The highest BCUT2D eigenvalue weighted by Crippen LogP contribution is 2.19. The number of hydrogen-bond donors (Lipinski definition) is 0. The minimum Gasteiger partial charge on any atom is -0.303 e. The predicted molar refractivity (Wildman–Crippen MR) is 53.8 cm³/mol. The average Bonchev–Trinajstić information content (AvgIpc) is 2.52. The van der Waals surface area contributed by atoms with Crippen LogP contribution in [0, 0.1) is 6.92 Å². The predicted octanol–water partition coefficient (Wildman–Crippen LogP) is 2.34. The van der Waals surface area contributed by atoms with Crippen LogP contribution in [0.1, 0.15) is 5.82 Å². The lowest BCUT2D eigenvalue weighted by atomic mass is 10.4. The monoisotopic (exact) mass is 237 g/mol. The number of aromatic nitrogens is 3. The van der Waals surface area contributed by atoms with Crippen LogP contribution >= 0.6 is 15.9 Å². The summed E-state index contributed by atoms with van der Waals surface area (Å²) in [6.07, 6.45) is 7.24. The standard InChI is InChI=1S/C9H8BrN3/c1-7-12-4-5-13(7)9-2-3-11-6-8(9)10/h2-6H,1H3. The fourth-order valence-corrected chi connectivity index (χ4v) is 1.64. The molecule has 0 fully saturated rings. The molecule has 0 aliphatic carbocycles. The largest absolute Gasteiger partial charge is 0.303 e. The van der Waals surface area contributed by atoms with Gasteiger partial charge in [0.15, 0.2) is 0 Å². The van der Waals surface area contributed by atoms with Crippen molar-refractivity contribution in [3.8, 4) is 5.69 Å². The van der Waals surface area contributed by atoms with E-state index in [9.17, 15) is 0 Å². The molecule has 2 aromatic heterocycles. The summed E-state index contributed by atoms with van der Waals surface area (Å²) in [5, 5.41) is 0. The lowest BCUT2D eigenvalue weighted by molar-refractivity contribution is 0.964. The van der Waals surface area contributed by atoms with Crippen LogP contribution in [0.25, 0.3) is 5.69 Å². The van der Waals surface area contributed by atoms with E-state index in [1.54, 1.807) is 18.6 Å². The van der Waals surface area contributed by atoms with Crippen LogP contribution < -0.4 is 0 Å². The Morgan fingerprint density at radius 2 is 2.23 bits per heavy atom. The highest BCUT2D eigenvalue weighted by atomic mass is 79.9. The maximum Gasteiger partial charge on any atom is 0.110 e. The van der Waals surface area contributed by atoms with Crippen LogP contribution in [0.15, 0.2) is 35.3 Å². The summed E-state index contributed by atoms with van der Waals surface area (Å²) in [5.74, 6) is 0.965. The molecule has 0 aliphatic rings. The summed E-state index contributed by atoms with van der Waals surface area (Å²) >= 11 is 3.44. The molecule has 0 N–H and O–H groups in total. The van der Waals surface area contributed by atoms with E-state index in [0.717, 1.165) is 16.0 Å². The third-order valence-corrected chi connectivity index (χ3v) is 2.45. The van der Waals surface area contributed by atoms with Gasteiger partial charge in [-0.15, -0.1) is 0 Å². The fourth-order valence-electron chi connectivity index (χ4n) is 1.20. The van der Waals surface area contributed by atoms with Crippen molar-refractivity contribution in [3.05, 3.63) is 41.2 Å². The Labute approximate surface area is 84.6 Å². The van der Waals surface area contributed by atoms with Crippen molar-refractivity contribution >= 4 is 15.9 Å². The first-order valence-corrected chi connectivity index (χ1v) is 4.68. The molecule has 0 spiro atoms. The molecule has 0 bridgehead atoms. The Kier molecular flexibility index (Phi) is 2.14. The number of aryl methyl sites for hydroxylation is 1. The molecule has 0 saturated carbocycles. The first-order chi connectivity index (χ1) is 6.29. The van der Waals surface area contributed by atoms with Gasteiger partial charge < -0.3 is 4.57 Å². The highest BCUT2D eigenvalue weighted by molar-refractivity contribution is 9.10. The summed E-state index contributed by atoms with van der Waals surface area (Å²) < 4.78 is 2.97. The van der Waals surface area contributed by atoms with E-state index in [1.807, 2.05) is 23.8 Å². The van der Waals surface area contributed by atoms with Crippen LogP contribution in [0.4, 0.5) is 0 Å². The van der Waals surface area contributed by atoms with Gasteiger partial charge in [-0.3, -0.25) is 4.98 Å². The third-order valence-electron chi connectivity index (χ3n) is 1.84. The second-order valence-corrected chi connectivity index (χ2v) is 3.53. The summed E-state index contributed by atoms with van der Waals surface area (Å²) in [4.78, 5) is 8.16. The molecule has 0 atom stereocenters. The first kappa shape index (κ1) is 8.44. The van der Waals surface area contributed by atoms with Gasteiger partial charge in [-0.1, -0.05) is 0 Å². The molecule has 2 aromatic rings. The molecule has 66 valence electrons. The maximum atomic E-state index is 4.16. The molecule has 0 saturated heterocycles. The van der Waals surface area contributed by atoms with Crippen molar-refractivity contribution in [1.82, 2.24) is 14.5 Å². The Morgan fingerprint density at radius 3 is 2.85 bits per heavy atom. The van der Waals surface area contributed by atoms with Crippen LogP contribution in [-0.4, -0.2) is 14.5 Å². The van der Waals surface area contributed by atoms with Gasteiger partial charge >= 0.3 is 0 Å². The van der Waals surface area contributed by atoms with Crippen LogP contribution in [0.3, 0.4) is 0 Å². The van der Waals surface area contributed by atoms with E-state index < -0.39 is 0 Å². The van der Waals surface area contributed by atoms with Gasteiger partial charge in [0.05, 0.1) is 10.2 Å². The minimum atomic E-state index is 0.965. The molecule has 2 rings (SSSR count). The molecular formula is C9H8BrN3. The summed E-state index contributed by atoms with van der Waals surface area (Å²) in [7, 11) is 0. The first-order valence-electron chi connectivity index (χ1n) is 3.89. The molecule has 4 heteroatoms. The van der Waals surface area contributed by atoms with Crippen molar-refractivity contribution < 1.29 is 0 Å². The Hall–Kier alpha value is -1.16. The van der Waals surface area contributed by atoms with Gasteiger partial charge in [0, 0.05) is 24.8 Å². The quantitative estimate of drug-likeness (QED) is 0.763. The number of nitrogens with zero attached hydrogens (tertiary/aromatic N) is 3. The number of imidazole rings is 1. The van der Waals surface area contributed by atoms with Gasteiger partial charge in [0.2, 0.25) is 0 Å². The van der Waals surface area contributed by atoms with E-state index in [0.29, 0.717) is 0 Å². The zero-order chi connectivity index (χ0) is 9.26. The van der Waals surface area contributed by atoms with E-state index in [-0.39, 0.29) is 0 Å². The van der Waals surface area contributed by atoms with Gasteiger partial charge in [-0.25, -0.2) is 4.98 Å². The molecule has 2 heterocycles. The molecule has 3 nitrogen and oxygen atoms in total. The Bertz CT molecular complexity index is 422. The molecule has 13 heavy (non-hydrogen) atoms. The highest BCUT2D eigenvalue weighted by Gasteiger charge is 2.03. The molecule has 0 amide bonds. The molecule has 0 aliphatic heterocycles. The van der Waals surface area contributed by atoms with Crippen molar-refractivity contribution in [2.45, 2.75) is 6.92 Å². The minimum absolute atomic E-state index is 0.965. The van der Waals surface area contributed by atoms with Crippen molar-refractivity contribution in [3.63, 3.8) is 0 Å². The van der Waals surface area contributed by atoms with Crippen molar-refractivity contribution in [1.29, 1.82) is 0 Å². The summed E-state index contributed by atoms with van der Waals surface area (Å²) in [6, 6.07) is 1.94. The summed E-state index contributed by atoms with van der Waals surface area (Å²) in [6.45, 7) is 1.97. The number of hydrogen-bond acceptors (Lipinski definition) is 2. The Balaban J connectivity index is 2.59. The van der Waals surface area contributed by atoms with Crippen LogP contribution in [0.2, 0.25) is 0 Å². The van der Waals surface area contributed by atoms with Crippen molar-refractivity contribution in [2.24, 2.45) is 0 Å². The lowest BCUT2D eigenvalue weighted by Gasteiger charge is -2.05. The molecule has 0 unspecified atom stereocenters. The van der Waals surface area contributed by atoms with Gasteiger partial charge in [-0.05, 0) is 28.9 Å². The van der Waals surface area contributed by atoms with E-state index in [2.05, 4.69) is 25.9 Å². The number of pyridine rings is 1. The topological polar surface area (TPSA) is 30.7 Å². The van der Waals surface area contributed by atoms with E-state index >= 15 is 0 Å². The summed E-state index contributed by atoms with van der Waals surface area (Å²) in [5.41, 5.74) is 1.06. The average molecular weight is 238 g/mol. The molecule has 0 radical (unpaired) electrons. The van der Waals surface area contributed by atoms with Crippen LogP contribution in [0.5, 0.6) is 0 Å². The number of halogens is 1. The second-order valence-electron chi connectivity index (χ2n) is 2.67. The molecular weight excluding hydrogens is 230 g/mol. The van der Waals surface area contributed by atoms with Gasteiger partial charge in [0.1, 0.15) is 5.82 Å². The molecule has 0 aromatic carbocycles. The smallest absolute Gasteiger partial charge is 0.110 e. The second kappa shape index (κ2) is 3.30.